The summed E-state index contributed by atoms with van der Waals surface area (Å²) in [4.78, 5) is 42.9. The lowest BCUT2D eigenvalue weighted by molar-refractivity contribution is -0.757. The number of anilines is 1. The predicted octanol–water partition coefficient (Wildman–Crippen LogP) is 4.53. The van der Waals surface area contributed by atoms with Crippen LogP contribution in [-0.4, -0.2) is 79.9 Å². The highest BCUT2D eigenvalue weighted by molar-refractivity contribution is 5.68. The Hall–Kier alpha value is -4.02. The van der Waals surface area contributed by atoms with Crippen molar-refractivity contribution in [3.05, 3.63) is 70.3 Å². The summed E-state index contributed by atoms with van der Waals surface area (Å²) in [5.74, 6) is 0.825. The molecule has 40 heavy (non-hydrogen) atoms. The Balaban J connectivity index is 0.000000281. The second-order valence-electron chi connectivity index (χ2n) is 9.75. The van der Waals surface area contributed by atoms with Gasteiger partial charge in [0.05, 0.1) is 20.3 Å². The molecule has 2 aromatic rings. The lowest BCUT2D eigenvalue weighted by atomic mass is 10.2. The van der Waals surface area contributed by atoms with Gasteiger partial charge in [-0.15, -0.1) is 10.1 Å². The van der Waals surface area contributed by atoms with Gasteiger partial charge in [-0.2, -0.15) is 0 Å². The van der Waals surface area contributed by atoms with Crippen LogP contribution in [0.5, 0.6) is 5.75 Å². The fourth-order valence-corrected chi connectivity index (χ4v) is 4.34. The highest BCUT2D eigenvalue weighted by atomic mass is 16.9. The van der Waals surface area contributed by atoms with Crippen molar-refractivity contribution in [3.8, 4) is 5.75 Å². The Bertz CT molecular complexity index is 1030. The molecule has 2 amide bonds. The first-order valence-corrected chi connectivity index (χ1v) is 13.8. The maximum Gasteiger partial charge on any atom is 0.409 e. The van der Waals surface area contributed by atoms with Gasteiger partial charge < -0.3 is 29.0 Å². The monoisotopic (exact) mass is 556 g/mol. The number of carbonyl (C=O) groups is 2. The Morgan fingerprint density at radius 2 is 1.62 bits per heavy atom. The second kappa shape index (κ2) is 16.8. The topological polar surface area (TPSA) is 115 Å². The zero-order valence-electron chi connectivity index (χ0n) is 23.2. The minimum atomic E-state index is -0.782. The van der Waals surface area contributed by atoms with Crippen molar-refractivity contribution in [2.24, 2.45) is 0 Å². The molecule has 11 heteroatoms. The van der Waals surface area contributed by atoms with E-state index < -0.39 is 5.09 Å². The van der Waals surface area contributed by atoms with Crippen LogP contribution in [0.2, 0.25) is 0 Å². The number of methoxy groups -OCH3 is 1. The van der Waals surface area contributed by atoms with E-state index in [4.69, 9.17) is 9.47 Å². The fourth-order valence-electron chi connectivity index (χ4n) is 4.34. The zero-order valence-corrected chi connectivity index (χ0v) is 23.2. The van der Waals surface area contributed by atoms with E-state index in [1.165, 1.54) is 18.4 Å². The van der Waals surface area contributed by atoms with Gasteiger partial charge in [-0.1, -0.05) is 36.8 Å². The van der Waals surface area contributed by atoms with Crippen LogP contribution in [0.15, 0.2) is 54.6 Å². The van der Waals surface area contributed by atoms with Gasteiger partial charge in [0.15, 0.2) is 0 Å². The van der Waals surface area contributed by atoms with Gasteiger partial charge in [-0.05, 0) is 61.9 Å². The molecule has 1 saturated carbocycles. The molecule has 1 heterocycles. The number of rotatable bonds is 14. The summed E-state index contributed by atoms with van der Waals surface area (Å²) in [7, 11) is 1.64. The molecule has 2 aromatic carbocycles. The van der Waals surface area contributed by atoms with Crippen LogP contribution >= 0.6 is 0 Å². The smallest absolute Gasteiger partial charge is 0.409 e. The number of benzene rings is 2. The minimum absolute atomic E-state index is 0.116. The lowest BCUT2D eigenvalue weighted by Gasteiger charge is -2.35. The summed E-state index contributed by atoms with van der Waals surface area (Å²) in [5, 5.41) is 9.22. The van der Waals surface area contributed by atoms with Crippen molar-refractivity contribution in [1.29, 1.82) is 0 Å². The number of amides is 2. The van der Waals surface area contributed by atoms with Crippen LogP contribution < -0.4 is 9.64 Å². The number of unbranched alkanes of at least 4 members (excludes halogenated alkanes) is 3. The Morgan fingerprint density at radius 1 is 0.975 bits per heavy atom. The SMILES string of the molecule is COc1ccc(N2CCN(C(=O)OCCCCCCO[N+](=O)[O-])CC2)cc1.O=CN(Cc1ccccc1)C1CC1. The summed E-state index contributed by atoms with van der Waals surface area (Å²) < 4.78 is 10.5. The first-order valence-electron chi connectivity index (χ1n) is 13.8. The van der Waals surface area contributed by atoms with Gasteiger partial charge in [0.1, 0.15) is 5.75 Å². The number of hydrogen-bond acceptors (Lipinski definition) is 8. The predicted molar refractivity (Wildman–Crippen MR) is 151 cm³/mol. The molecule has 0 radical (unpaired) electrons. The normalized spacial score (nSPS) is 14.4. The van der Waals surface area contributed by atoms with E-state index in [9.17, 15) is 19.7 Å². The van der Waals surface area contributed by atoms with E-state index in [1.807, 2.05) is 47.4 Å². The third-order valence-electron chi connectivity index (χ3n) is 6.80. The minimum Gasteiger partial charge on any atom is -0.497 e. The highest BCUT2D eigenvalue weighted by Gasteiger charge is 2.27. The van der Waals surface area contributed by atoms with Crippen molar-refractivity contribution in [2.45, 2.75) is 51.1 Å². The largest absolute Gasteiger partial charge is 0.497 e. The summed E-state index contributed by atoms with van der Waals surface area (Å²) in [6, 6.07) is 18.5. The van der Waals surface area contributed by atoms with Gasteiger partial charge in [0.2, 0.25) is 6.41 Å². The molecule has 2 aliphatic rings. The van der Waals surface area contributed by atoms with Crippen molar-refractivity contribution < 1.29 is 29.0 Å². The molecule has 1 saturated heterocycles. The maximum atomic E-state index is 12.1. The number of carbonyl (C=O) groups excluding carboxylic acids is 2. The molecule has 2 fully saturated rings. The Labute approximate surface area is 235 Å². The van der Waals surface area contributed by atoms with E-state index in [-0.39, 0.29) is 12.7 Å². The van der Waals surface area contributed by atoms with E-state index in [0.29, 0.717) is 32.2 Å². The molecule has 11 nitrogen and oxygen atoms in total. The third kappa shape index (κ3) is 11.0. The summed E-state index contributed by atoms with van der Waals surface area (Å²) in [5.41, 5.74) is 2.33. The zero-order chi connectivity index (χ0) is 28.6. The molecule has 1 aliphatic carbocycles. The van der Waals surface area contributed by atoms with Crippen molar-refractivity contribution in [2.75, 3.05) is 51.4 Å². The van der Waals surface area contributed by atoms with E-state index >= 15 is 0 Å². The van der Waals surface area contributed by atoms with Gasteiger partial charge in [0.25, 0.3) is 5.09 Å². The molecule has 1 aliphatic heterocycles. The molecule has 0 spiro atoms. The highest BCUT2D eigenvalue weighted by Crippen LogP contribution is 2.26. The van der Waals surface area contributed by atoms with Crippen molar-refractivity contribution in [1.82, 2.24) is 9.80 Å². The van der Waals surface area contributed by atoms with E-state index in [2.05, 4.69) is 21.9 Å². The molecular weight excluding hydrogens is 516 g/mol. The third-order valence-corrected chi connectivity index (χ3v) is 6.80. The van der Waals surface area contributed by atoms with Gasteiger partial charge >= 0.3 is 6.09 Å². The lowest BCUT2D eigenvalue weighted by Crippen LogP contribution is -2.49. The average molecular weight is 557 g/mol. The maximum absolute atomic E-state index is 12.1. The number of nitrogens with zero attached hydrogens (tertiary/aromatic N) is 4. The van der Waals surface area contributed by atoms with Crippen LogP contribution in [0.4, 0.5) is 10.5 Å². The number of hydrogen-bond donors (Lipinski definition) is 0. The molecule has 0 N–H and O–H groups in total. The average Bonchev–Trinajstić information content (AvgIpc) is 3.84. The second-order valence-corrected chi connectivity index (χ2v) is 9.75. The van der Waals surface area contributed by atoms with Crippen LogP contribution in [0.3, 0.4) is 0 Å². The van der Waals surface area contributed by atoms with Crippen molar-refractivity contribution in [3.63, 3.8) is 0 Å². The number of ether oxygens (including phenoxy) is 2. The van der Waals surface area contributed by atoms with Crippen LogP contribution in [0.1, 0.15) is 44.1 Å². The van der Waals surface area contributed by atoms with Crippen LogP contribution in [0, 0.1) is 10.1 Å². The van der Waals surface area contributed by atoms with Gasteiger partial charge in [-0.25, -0.2) is 4.79 Å². The molecule has 0 aromatic heterocycles. The summed E-state index contributed by atoms with van der Waals surface area (Å²) >= 11 is 0. The standard InChI is InChI=1S/C18H27N3O6.C11H13NO/c1-25-17-8-6-16(7-9-17)19-10-12-20(13-11-19)18(22)26-14-4-2-3-5-15-27-21(23)24;13-9-12(11-6-7-11)8-10-4-2-1-3-5-10/h6-9H,2-5,10-15H2,1H3;1-5,9,11H,6-8H2. The summed E-state index contributed by atoms with van der Waals surface area (Å²) in [6.45, 7) is 4.02. The summed E-state index contributed by atoms with van der Waals surface area (Å²) in [6.07, 6.45) is 6.06. The Kier molecular flexibility index (Phi) is 12.8. The van der Waals surface area contributed by atoms with Gasteiger partial charge in [-0.3, -0.25) is 4.79 Å². The van der Waals surface area contributed by atoms with E-state index in [0.717, 1.165) is 56.7 Å². The number of piperazine rings is 1. The first kappa shape index (κ1) is 30.5. The van der Waals surface area contributed by atoms with Crippen LogP contribution in [-0.2, 0) is 20.9 Å². The van der Waals surface area contributed by atoms with E-state index in [1.54, 1.807) is 12.0 Å². The molecule has 0 atom stereocenters. The van der Waals surface area contributed by atoms with Gasteiger partial charge in [0, 0.05) is 44.5 Å². The molecule has 4 rings (SSSR count). The molecular formula is C29H40N4O7. The quantitative estimate of drug-likeness (QED) is 0.144. The van der Waals surface area contributed by atoms with Crippen molar-refractivity contribution >= 4 is 18.2 Å². The molecule has 0 bridgehead atoms. The van der Waals surface area contributed by atoms with Crippen LogP contribution in [0.25, 0.3) is 0 Å². The molecule has 0 unspecified atom stereocenters. The molecule has 218 valence electrons. The first-order chi connectivity index (χ1) is 19.5. The Morgan fingerprint density at radius 3 is 2.20 bits per heavy atom. The fraction of sp³-hybridized carbons (Fsp3) is 0.517.